The van der Waals surface area contributed by atoms with E-state index in [0.717, 1.165) is 29.7 Å². The van der Waals surface area contributed by atoms with E-state index >= 15 is 0 Å². The van der Waals surface area contributed by atoms with Crippen molar-refractivity contribution >= 4 is 5.91 Å². The number of aliphatic hydroxyl groups excluding tert-OH is 1. The fourth-order valence-electron chi connectivity index (χ4n) is 3.14. The summed E-state index contributed by atoms with van der Waals surface area (Å²) < 4.78 is 0. The van der Waals surface area contributed by atoms with Crippen molar-refractivity contribution in [3.63, 3.8) is 0 Å². The predicted octanol–water partition coefficient (Wildman–Crippen LogP) is 3.22. The molecule has 0 spiro atoms. The summed E-state index contributed by atoms with van der Waals surface area (Å²) >= 11 is 0. The number of rotatable bonds is 9. The quantitative estimate of drug-likeness (QED) is 0.552. The van der Waals surface area contributed by atoms with E-state index in [9.17, 15) is 9.90 Å². The first-order valence-electron chi connectivity index (χ1n) is 9.80. The summed E-state index contributed by atoms with van der Waals surface area (Å²) in [6.45, 7) is 1.81. The van der Waals surface area contributed by atoms with Crippen LogP contribution in [0.3, 0.4) is 0 Å². The standard InChI is InChI=1S/C24H27N3O2/c1-27(18-20-6-5-14-25-16-20)24(29)22-11-9-19(10-12-22)13-15-26-17-23(28)21-7-3-2-4-8-21/h2-12,14,16,23,26,28H,13,15,17-18H2,1H3/t23-/m0/s1. The minimum Gasteiger partial charge on any atom is -0.387 e. The number of amides is 1. The van der Waals surface area contributed by atoms with E-state index in [0.29, 0.717) is 18.7 Å². The number of nitrogens with zero attached hydrogens (tertiary/aromatic N) is 2. The molecule has 0 aliphatic heterocycles. The zero-order valence-electron chi connectivity index (χ0n) is 16.7. The molecule has 0 saturated carbocycles. The number of aromatic nitrogens is 1. The third kappa shape index (κ3) is 6.24. The Balaban J connectivity index is 1.44. The highest BCUT2D eigenvalue weighted by molar-refractivity contribution is 5.94. The topological polar surface area (TPSA) is 65.5 Å². The molecule has 3 aromatic rings. The summed E-state index contributed by atoms with van der Waals surface area (Å²) in [6.07, 6.45) is 3.82. The molecule has 29 heavy (non-hydrogen) atoms. The minimum atomic E-state index is -0.508. The van der Waals surface area contributed by atoms with Gasteiger partial charge in [0.25, 0.3) is 5.91 Å². The smallest absolute Gasteiger partial charge is 0.253 e. The number of nitrogens with one attached hydrogen (secondary N) is 1. The highest BCUT2D eigenvalue weighted by atomic mass is 16.3. The maximum Gasteiger partial charge on any atom is 0.253 e. The van der Waals surface area contributed by atoms with Crippen molar-refractivity contribution in [1.82, 2.24) is 15.2 Å². The van der Waals surface area contributed by atoms with Crippen LogP contribution in [0.25, 0.3) is 0 Å². The molecular weight excluding hydrogens is 362 g/mol. The van der Waals surface area contributed by atoms with Gasteiger partial charge < -0.3 is 15.3 Å². The summed E-state index contributed by atoms with van der Waals surface area (Å²) in [7, 11) is 1.80. The van der Waals surface area contributed by atoms with Crippen LogP contribution in [0, 0.1) is 0 Å². The van der Waals surface area contributed by atoms with Gasteiger partial charge in [-0.1, -0.05) is 48.5 Å². The summed E-state index contributed by atoms with van der Waals surface area (Å²) in [5.74, 6) is -0.00971. The molecule has 0 fully saturated rings. The largest absolute Gasteiger partial charge is 0.387 e. The molecule has 1 atom stereocenters. The van der Waals surface area contributed by atoms with Crippen LogP contribution in [0.4, 0.5) is 0 Å². The minimum absolute atomic E-state index is 0.00971. The first-order chi connectivity index (χ1) is 14.1. The van der Waals surface area contributed by atoms with Crippen molar-refractivity contribution in [1.29, 1.82) is 0 Å². The second-order valence-corrected chi connectivity index (χ2v) is 7.10. The molecule has 2 N–H and O–H groups in total. The fraction of sp³-hybridized carbons (Fsp3) is 0.250. The van der Waals surface area contributed by atoms with Crippen LogP contribution in [0.2, 0.25) is 0 Å². The van der Waals surface area contributed by atoms with Gasteiger partial charge in [-0.15, -0.1) is 0 Å². The highest BCUT2D eigenvalue weighted by Crippen LogP contribution is 2.12. The van der Waals surface area contributed by atoms with Crippen molar-refractivity contribution in [3.8, 4) is 0 Å². The molecular formula is C24H27N3O2. The van der Waals surface area contributed by atoms with Crippen LogP contribution in [0.1, 0.15) is 33.2 Å². The molecule has 3 rings (SSSR count). The van der Waals surface area contributed by atoms with Gasteiger partial charge in [0.2, 0.25) is 0 Å². The van der Waals surface area contributed by atoms with Gasteiger partial charge in [-0.3, -0.25) is 9.78 Å². The van der Waals surface area contributed by atoms with Crippen molar-refractivity contribution in [2.24, 2.45) is 0 Å². The molecule has 5 nitrogen and oxygen atoms in total. The molecule has 0 unspecified atom stereocenters. The van der Waals surface area contributed by atoms with E-state index in [1.165, 1.54) is 0 Å². The lowest BCUT2D eigenvalue weighted by atomic mass is 10.1. The average molecular weight is 389 g/mol. The zero-order valence-corrected chi connectivity index (χ0v) is 16.7. The highest BCUT2D eigenvalue weighted by Gasteiger charge is 2.12. The second-order valence-electron chi connectivity index (χ2n) is 7.10. The number of carbonyl (C=O) groups is 1. The van der Waals surface area contributed by atoms with Gasteiger partial charge in [-0.2, -0.15) is 0 Å². The average Bonchev–Trinajstić information content (AvgIpc) is 2.77. The number of carbonyl (C=O) groups excluding carboxylic acids is 1. The molecule has 2 aromatic carbocycles. The Morgan fingerprint density at radius 1 is 1.03 bits per heavy atom. The van der Waals surface area contributed by atoms with Crippen molar-refractivity contribution < 1.29 is 9.90 Å². The zero-order chi connectivity index (χ0) is 20.5. The molecule has 0 aliphatic carbocycles. The van der Waals surface area contributed by atoms with Crippen LogP contribution in [-0.4, -0.2) is 41.0 Å². The maximum absolute atomic E-state index is 12.6. The van der Waals surface area contributed by atoms with Crippen molar-refractivity contribution in [2.45, 2.75) is 19.1 Å². The Kier molecular flexibility index (Phi) is 7.50. The summed E-state index contributed by atoms with van der Waals surface area (Å²) in [4.78, 5) is 18.4. The summed E-state index contributed by atoms with van der Waals surface area (Å²) in [6, 6.07) is 21.2. The first kappa shape index (κ1) is 20.7. The van der Waals surface area contributed by atoms with E-state index in [4.69, 9.17) is 0 Å². The van der Waals surface area contributed by atoms with Crippen molar-refractivity contribution in [2.75, 3.05) is 20.1 Å². The molecule has 1 heterocycles. The van der Waals surface area contributed by atoms with Gasteiger partial charge in [-0.05, 0) is 47.9 Å². The second kappa shape index (κ2) is 10.5. The lowest BCUT2D eigenvalue weighted by molar-refractivity contribution is 0.0785. The lowest BCUT2D eigenvalue weighted by Gasteiger charge is -2.17. The molecule has 150 valence electrons. The van der Waals surface area contributed by atoms with Gasteiger partial charge in [0.15, 0.2) is 0 Å². The van der Waals surface area contributed by atoms with E-state index < -0.39 is 6.10 Å². The third-order valence-electron chi connectivity index (χ3n) is 4.80. The number of benzene rings is 2. The van der Waals surface area contributed by atoms with Gasteiger partial charge >= 0.3 is 0 Å². The lowest BCUT2D eigenvalue weighted by Crippen LogP contribution is -2.26. The van der Waals surface area contributed by atoms with Crippen LogP contribution in [-0.2, 0) is 13.0 Å². The first-order valence-corrected chi connectivity index (χ1v) is 9.80. The number of pyridine rings is 1. The van der Waals surface area contributed by atoms with Crippen molar-refractivity contribution in [3.05, 3.63) is 101 Å². The predicted molar refractivity (Wildman–Crippen MR) is 114 cm³/mol. The Morgan fingerprint density at radius 3 is 2.48 bits per heavy atom. The van der Waals surface area contributed by atoms with E-state index in [2.05, 4.69) is 10.3 Å². The summed E-state index contributed by atoms with van der Waals surface area (Å²) in [5.41, 5.74) is 3.74. The molecule has 1 aromatic heterocycles. The monoisotopic (exact) mass is 389 g/mol. The third-order valence-corrected chi connectivity index (χ3v) is 4.80. The van der Waals surface area contributed by atoms with Gasteiger partial charge in [-0.25, -0.2) is 0 Å². The van der Waals surface area contributed by atoms with Crippen LogP contribution in [0.15, 0.2) is 79.1 Å². The Hall–Kier alpha value is -3.02. The Labute approximate surface area is 172 Å². The summed E-state index contributed by atoms with van der Waals surface area (Å²) in [5, 5.41) is 13.4. The van der Waals surface area contributed by atoms with Gasteiger partial charge in [0.1, 0.15) is 0 Å². The molecule has 0 saturated heterocycles. The molecule has 5 heteroatoms. The van der Waals surface area contributed by atoms with Crippen LogP contribution >= 0.6 is 0 Å². The Morgan fingerprint density at radius 2 is 1.79 bits per heavy atom. The molecule has 0 radical (unpaired) electrons. The molecule has 0 aliphatic rings. The molecule has 1 amide bonds. The van der Waals surface area contributed by atoms with E-state index in [1.54, 1.807) is 24.3 Å². The maximum atomic E-state index is 12.6. The van der Waals surface area contributed by atoms with Crippen LogP contribution in [0.5, 0.6) is 0 Å². The molecule has 0 bridgehead atoms. The number of aliphatic hydroxyl groups is 1. The number of hydrogen-bond donors (Lipinski definition) is 2. The SMILES string of the molecule is CN(Cc1cccnc1)C(=O)c1ccc(CCNC[C@H](O)c2ccccc2)cc1. The van der Waals surface area contributed by atoms with Gasteiger partial charge in [0.05, 0.1) is 6.10 Å². The van der Waals surface area contributed by atoms with Gasteiger partial charge in [0, 0.05) is 38.1 Å². The van der Waals surface area contributed by atoms with E-state index in [1.807, 2.05) is 66.7 Å². The fourth-order valence-corrected chi connectivity index (χ4v) is 3.14. The number of hydrogen-bond acceptors (Lipinski definition) is 4. The van der Waals surface area contributed by atoms with Crippen LogP contribution < -0.4 is 5.32 Å². The normalized spacial score (nSPS) is 11.8. The van der Waals surface area contributed by atoms with E-state index in [-0.39, 0.29) is 5.91 Å². The Bertz CT molecular complexity index is 883.